The van der Waals surface area contributed by atoms with Gasteiger partial charge in [-0.3, -0.25) is 14.9 Å². The first-order valence-corrected chi connectivity index (χ1v) is 9.91. The van der Waals surface area contributed by atoms with E-state index in [9.17, 15) is 23.3 Å². The zero-order valence-electron chi connectivity index (χ0n) is 15.6. The van der Waals surface area contributed by atoms with Crippen molar-refractivity contribution in [1.29, 1.82) is 0 Å². The summed E-state index contributed by atoms with van der Waals surface area (Å²) in [5.41, 5.74) is 0.332. The van der Waals surface area contributed by atoms with Gasteiger partial charge in [0.1, 0.15) is 5.75 Å². The fraction of sp³-hybridized carbons (Fsp3) is 0.278. The second-order valence-electron chi connectivity index (χ2n) is 6.30. The molecule has 0 fully saturated rings. The van der Waals surface area contributed by atoms with Crippen molar-refractivity contribution < 1.29 is 22.9 Å². The topological polar surface area (TPSA) is 128 Å². The molecular formula is C18H21N3O6S. The first-order valence-electron chi connectivity index (χ1n) is 8.43. The molecule has 28 heavy (non-hydrogen) atoms. The molecule has 1 amide bonds. The van der Waals surface area contributed by atoms with Crippen LogP contribution < -0.4 is 14.8 Å². The summed E-state index contributed by atoms with van der Waals surface area (Å²) in [6.45, 7) is 4.97. The van der Waals surface area contributed by atoms with Gasteiger partial charge in [0.15, 0.2) is 6.10 Å². The van der Waals surface area contributed by atoms with Gasteiger partial charge in [0, 0.05) is 23.9 Å². The van der Waals surface area contributed by atoms with E-state index < -0.39 is 27.0 Å². The normalized spacial score (nSPS) is 12.4. The van der Waals surface area contributed by atoms with Crippen molar-refractivity contribution in [2.45, 2.75) is 37.8 Å². The molecule has 0 aliphatic carbocycles. The molecule has 0 heterocycles. The van der Waals surface area contributed by atoms with Crippen molar-refractivity contribution in [3.05, 3.63) is 58.6 Å². The molecule has 1 unspecified atom stereocenters. The Bertz CT molecular complexity index is 940. The summed E-state index contributed by atoms with van der Waals surface area (Å²) in [6.07, 6.45) is -0.868. The number of carbonyl (C=O) groups is 1. The lowest BCUT2D eigenvalue weighted by Crippen LogP contribution is -2.31. The third-order valence-electron chi connectivity index (χ3n) is 3.55. The SMILES string of the molecule is CC(C)NS(=O)(=O)c1ccc(NC(=O)C(C)Oc2ccc([N+](=O)[O-])cc2)cc1. The summed E-state index contributed by atoms with van der Waals surface area (Å²) in [6, 6.07) is 10.9. The molecular weight excluding hydrogens is 386 g/mol. The molecule has 9 nitrogen and oxygen atoms in total. The molecule has 1 atom stereocenters. The average molecular weight is 407 g/mol. The Morgan fingerprint density at radius 2 is 1.61 bits per heavy atom. The number of benzene rings is 2. The van der Waals surface area contributed by atoms with E-state index in [0.717, 1.165) is 0 Å². The molecule has 0 saturated carbocycles. The van der Waals surface area contributed by atoms with Gasteiger partial charge in [0.05, 0.1) is 9.82 Å². The molecule has 150 valence electrons. The maximum atomic E-state index is 12.2. The Labute approximate surface area is 162 Å². The van der Waals surface area contributed by atoms with Crippen molar-refractivity contribution in [3.8, 4) is 5.75 Å². The van der Waals surface area contributed by atoms with Crippen LogP contribution in [0.15, 0.2) is 53.4 Å². The first kappa shape index (κ1) is 21.3. The summed E-state index contributed by atoms with van der Waals surface area (Å²) in [4.78, 5) is 22.5. The highest BCUT2D eigenvalue weighted by atomic mass is 32.2. The van der Waals surface area contributed by atoms with Gasteiger partial charge in [0.25, 0.3) is 11.6 Å². The molecule has 0 aliphatic heterocycles. The highest BCUT2D eigenvalue weighted by Crippen LogP contribution is 2.19. The Hall–Kier alpha value is -2.98. The van der Waals surface area contributed by atoms with E-state index in [0.29, 0.717) is 11.4 Å². The standard InChI is InChI=1S/C18H21N3O6S/c1-12(2)20-28(25,26)17-10-4-14(5-11-17)19-18(22)13(3)27-16-8-6-15(7-9-16)21(23)24/h4-13,20H,1-3H3,(H,19,22). The summed E-state index contributed by atoms with van der Waals surface area (Å²) in [5, 5.41) is 13.3. The molecule has 0 bridgehead atoms. The Kier molecular flexibility index (Phi) is 6.71. The minimum Gasteiger partial charge on any atom is -0.481 e. The third kappa shape index (κ3) is 5.76. The monoisotopic (exact) mass is 407 g/mol. The predicted molar refractivity (Wildman–Crippen MR) is 104 cm³/mol. The average Bonchev–Trinajstić information content (AvgIpc) is 2.61. The molecule has 0 aliphatic rings. The van der Waals surface area contributed by atoms with Gasteiger partial charge in [-0.25, -0.2) is 13.1 Å². The van der Waals surface area contributed by atoms with Crippen LogP contribution in [-0.4, -0.2) is 31.4 Å². The van der Waals surface area contributed by atoms with Crippen molar-refractivity contribution in [3.63, 3.8) is 0 Å². The molecule has 2 aromatic carbocycles. The van der Waals surface area contributed by atoms with E-state index in [2.05, 4.69) is 10.0 Å². The van der Waals surface area contributed by atoms with Crippen molar-refractivity contribution in [1.82, 2.24) is 4.72 Å². The van der Waals surface area contributed by atoms with Crippen LogP contribution in [0.2, 0.25) is 0 Å². The fourth-order valence-corrected chi connectivity index (χ4v) is 3.49. The van der Waals surface area contributed by atoms with E-state index in [1.54, 1.807) is 13.8 Å². The van der Waals surface area contributed by atoms with Gasteiger partial charge in [-0.1, -0.05) is 0 Å². The number of nitrogens with one attached hydrogen (secondary N) is 2. The number of nitrogens with zero attached hydrogens (tertiary/aromatic N) is 1. The zero-order chi connectivity index (χ0) is 20.9. The van der Waals surface area contributed by atoms with Crippen LogP contribution in [0.1, 0.15) is 20.8 Å². The minimum atomic E-state index is -3.61. The quantitative estimate of drug-likeness (QED) is 0.511. The number of amides is 1. The van der Waals surface area contributed by atoms with Crippen LogP contribution in [0.4, 0.5) is 11.4 Å². The highest BCUT2D eigenvalue weighted by Gasteiger charge is 2.18. The number of carbonyl (C=O) groups excluding carboxylic acids is 1. The van der Waals surface area contributed by atoms with Crippen molar-refractivity contribution in [2.75, 3.05) is 5.32 Å². The highest BCUT2D eigenvalue weighted by molar-refractivity contribution is 7.89. The number of sulfonamides is 1. The summed E-state index contributed by atoms with van der Waals surface area (Å²) in [5.74, 6) is -0.135. The van der Waals surface area contributed by atoms with Gasteiger partial charge in [-0.05, 0) is 57.2 Å². The summed E-state index contributed by atoms with van der Waals surface area (Å²) in [7, 11) is -3.61. The number of nitro benzene ring substituents is 1. The van der Waals surface area contributed by atoms with E-state index in [-0.39, 0.29) is 16.6 Å². The Balaban J connectivity index is 1.99. The molecule has 10 heteroatoms. The van der Waals surface area contributed by atoms with Crippen LogP contribution in [0.25, 0.3) is 0 Å². The van der Waals surface area contributed by atoms with Crippen molar-refractivity contribution in [2.24, 2.45) is 0 Å². The van der Waals surface area contributed by atoms with Crippen LogP contribution in [-0.2, 0) is 14.8 Å². The molecule has 0 saturated heterocycles. The lowest BCUT2D eigenvalue weighted by molar-refractivity contribution is -0.384. The van der Waals surface area contributed by atoms with Gasteiger partial charge >= 0.3 is 0 Å². The van der Waals surface area contributed by atoms with Gasteiger partial charge in [-0.15, -0.1) is 0 Å². The summed E-state index contributed by atoms with van der Waals surface area (Å²) >= 11 is 0. The Morgan fingerprint density at radius 1 is 1.04 bits per heavy atom. The third-order valence-corrected chi connectivity index (χ3v) is 5.23. The van der Waals surface area contributed by atoms with E-state index in [1.807, 2.05) is 0 Å². The molecule has 2 rings (SSSR count). The van der Waals surface area contributed by atoms with Crippen molar-refractivity contribution >= 4 is 27.3 Å². The minimum absolute atomic E-state index is 0.0774. The lowest BCUT2D eigenvalue weighted by Gasteiger charge is -2.15. The number of non-ortho nitro benzene ring substituents is 1. The largest absolute Gasteiger partial charge is 0.481 e. The maximum absolute atomic E-state index is 12.2. The van der Waals surface area contributed by atoms with Crippen LogP contribution in [0.3, 0.4) is 0 Å². The second-order valence-corrected chi connectivity index (χ2v) is 8.01. The van der Waals surface area contributed by atoms with E-state index in [4.69, 9.17) is 4.74 Å². The first-order chi connectivity index (χ1) is 13.1. The Morgan fingerprint density at radius 3 is 2.11 bits per heavy atom. The smallest absolute Gasteiger partial charge is 0.269 e. The number of hydrogen-bond acceptors (Lipinski definition) is 6. The molecule has 0 aromatic heterocycles. The number of anilines is 1. The fourth-order valence-electron chi connectivity index (χ4n) is 2.24. The van der Waals surface area contributed by atoms with E-state index in [1.165, 1.54) is 55.5 Å². The van der Waals surface area contributed by atoms with Gasteiger partial charge < -0.3 is 10.1 Å². The molecule has 0 spiro atoms. The van der Waals surface area contributed by atoms with Gasteiger partial charge in [-0.2, -0.15) is 0 Å². The van der Waals surface area contributed by atoms with Crippen LogP contribution in [0.5, 0.6) is 5.75 Å². The van der Waals surface area contributed by atoms with Crippen LogP contribution in [0, 0.1) is 10.1 Å². The van der Waals surface area contributed by atoms with E-state index >= 15 is 0 Å². The number of rotatable bonds is 8. The van der Waals surface area contributed by atoms with Crippen LogP contribution >= 0.6 is 0 Å². The molecule has 2 aromatic rings. The summed E-state index contributed by atoms with van der Waals surface area (Å²) < 4.78 is 32.1. The number of nitro groups is 1. The number of hydrogen-bond donors (Lipinski definition) is 2. The predicted octanol–water partition coefficient (Wildman–Crippen LogP) is 2.69. The number of ether oxygens (including phenoxy) is 1. The van der Waals surface area contributed by atoms with Gasteiger partial charge in [0.2, 0.25) is 10.0 Å². The second kappa shape index (κ2) is 8.81. The maximum Gasteiger partial charge on any atom is 0.269 e. The zero-order valence-corrected chi connectivity index (χ0v) is 16.4. The lowest BCUT2D eigenvalue weighted by atomic mass is 10.3. The molecule has 2 N–H and O–H groups in total. The molecule has 0 radical (unpaired) electrons.